The van der Waals surface area contributed by atoms with Crippen LogP contribution in [0, 0.1) is 0 Å². The molecular formula is C5H13O6P. The molecule has 0 aromatic rings. The molecule has 0 rings (SSSR count). The average molecular weight is 200 g/mol. The van der Waals surface area contributed by atoms with Gasteiger partial charge in [-0.15, -0.1) is 0 Å². The summed E-state index contributed by atoms with van der Waals surface area (Å²) in [6.07, 6.45) is -0.456. The molecule has 0 aliphatic heterocycles. The summed E-state index contributed by atoms with van der Waals surface area (Å²) in [5.74, 6) is 0. The van der Waals surface area contributed by atoms with Gasteiger partial charge in [0.1, 0.15) is 6.10 Å². The normalized spacial score (nSPS) is 14.7. The molecule has 0 amide bonds. The maximum absolute atomic E-state index is 10.2. The zero-order valence-electron chi connectivity index (χ0n) is 6.97. The standard InChI is InChI=1S/C5H13O6P/c1-9-3-5(10-2)4-11-12(6,7)8/h5H,3-4H2,1-2H3,(H2,6,7,8)/t5-/m1/s1. The van der Waals surface area contributed by atoms with E-state index in [1.807, 2.05) is 0 Å². The molecule has 0 spiro atoms. The molecular weight excluding hydrogens is 187 g/mol. The van der Waals surface area contributed by atoms with Crippen molar-refractivity contribution in [1.29, 1.82) is 0 Å². The van der Waals surface area contributed by atoms with Crippen molar-refractivity contribution in [2.24, 2.45) is 0 Å². The van der Waals surface area contributed by atoms with Crippen LogP contribution < -0.4 is 0 Å². The third-order valence-electron chi connectivity index (χ3n) is 1.11. The highest BCUT2D eigenvalue weighted by molar-refractivity contribution is 7.46. The van der Waals surface area contributed by atoms with Crippen LogP contribution in [0.4, 0.5) is 0 Å². The van der Waals surface area contributed by atoms with E-state index in [1.54, 1.807) is 0 Å². The van der Waals surface area contributed by atoms with E-state index >= 15 is 0 Å². The zero-order valence-corrected chi connectivity index (χ0v) is 7.86. The summed E-state index contributed by atoms with van der Waals surface area (Å²) in [5.41, 5.74) is 0. The number of hydrogen-bond acceptors (Lipinski definition) is 4. The highest BCUT2D eigenvalue weighted by Crippen LogP contribution is 2.35. The third-order valence-corrected chi connectivity index (χ3v) is 1.60. The van der Waals surface area contributed by atoms with E-state index in [-0.39, 0.29) is 13.2 Å². The number of rotatable bonds is 6. The van der Waals surface area contributed by atoms with Crippen molar-refractivity contribution in [3.63, 3.8) is 0 Å². The van der Waals surface area contributed by atoms with Crippen LogP contribution >= 0.6 is 7.82 Å². The summed E-state index contributed by atoms with van der Waals surface area (Å²) < 4.78 is 23.9. The molecule has 0 aromatic carbocycles. The Morgan fingerprint density at radius 3 is 2.25 bits per heavy atom. The van der Waals surface area contributed by atoms with Crippen molar-refractivity contribution in [3.8, 4) is 0 Å². The second kappa shape index (κ2) is 5.64. The Morgan fingerprint density at radius 2 is 1.92 bits per heavy atom. The summed E-state index contributed by atoms with van der Waals surface area (Å²) in [6.45, 7) is 0.0467. The van der Waals surface area contributed by atoms with Crippen molar-refractivity contribution in [2.75, 3.05) is 27.4 Å². The number of ether oxygens (including phenoxy) is 2. The van der Waals surface area contributed by atoms with Gasteiger partial charge in [0.2, 0.25) is 0 Å². The SMILES string of the molecule is COC[C@H](COP(=O)(O)O)OC. The molecule has 0 fully saturated rings. The first-order valence-electron chi connectivity index (χ1n) is 3.21. The van der Waals surface area contributed by atoms with Crippen LogP contribution in [0.1, 0.15) is 0 Å². The van der Waals surface area contributed by atoms with Crippen LogP contribution in [0.25, 0.3) is 0 Å². The highest BCUT2D eigenvalue weighted by atomic mass is 31.2. The topological polar surface area (TPSA) is 85.2 Å². The van der Waals surface area contributed by atoms with Crippen LogP contribution in [0.2, 0.25) is 0 Å². The molecule has 0 aromatic heterocycles. The van der Waals surface area contributed by atoms with E-state index in [1.165, 1.54) is 14.2 Å². The van der Waals surface area contributed by atoms with Gasteiger partial charge in [0, 0.05) is 14.2 Å². The maximum atomic E-state index is 10.2. The first-order chi connectivity index (χ1) is 5.49. The average Bonchev–Trinajstić information content (AvgIpc) is 1.96. The molecule has 1 atom stereocenters. The summed E-state index contributed by atoms with van der Waals surface area (Å²) >= 11 is 0. The molecule has 0 aliphatic carbocycles. The first kappa shape index (κ1) is 12.0. The predicted octanol–water partition coefficient (Wildman–Crippen LogP) is -0.243. The second-order valence-electron chi connectivity index (χ2n) is 2.10. The Morgan fingerprint density at radius 1 is 1.33 bits per heavy atom. The molecule has 2 N–H and O–H groups in total. The van der Waals surface area contributed by atoms with Crippen molar-refractivity contribution in [3.05, 3.63) is 0 Å². The zero-order chi connectivity index (χ0) is 9.61. The fourth-order valence-corrected chi connectivity index (χ4v) is 0.911. The van der Waals surface area contributed by atoms with Crippen molar-refractivity contribution in [1.82, 2.24) is 0 Å². The number of hydrogen-bond donors (Lipinski definition) is 2. The van der Waals surface area contributed by atoms with E-state index in [2.05, 4.69) is 4.52 Å². The maximum Gasteiger partial charge on any atom is 0.469 e. The van der Waals surface area contributed by atoms with Gasteiger partial charge in [-0.25, -0.2) is 4.57 Å². The van der Waals surface area contributed by atoms with Gasteiger partial charge in [0.05, 0.1) is 13.2 Å². The Bertz CT molecular complexity index is 154. The van der Waals surface area contributed by atoms with Gasteiger partial charge in [0.25, 0.3) is 0 Å². The summed E-state index contributed by atoms with van der Waals surface area (Å²) in [4.78, 5) is 16.6. The van der Waals surface area contributed by atoms with E-state index in [4.69, 9.17) is 19.3 Å². The first-order valence-corrected chi connectivity index (χ1v) is 4.74. The van der Waals surface area contributed by atoms with Crippen molar-refractivity contribution < 1.29 is 28.3 Å². The summed E-state index contributed by atoms with van der Waals surface area (Å²) in [6, 6.07) is 0. The molecule has 74 valence electrons. The van der Waals surface area contributed by atoms with E-state index in [9.17, 15) is 4.57 Å². The molecule has 0 saturated heterocycles. The lowest BCUT2D eigenvalue weighted by Gasteiger charge is -2.14. The minimum atomic E-state index is -4.39. The van der Waals surface area contributed by atoms with Gasteiger partial charge in [-0.1, -0.05) is 0 Å². The molecule has 0 bridgehead atoms. The van der Waals surface area contributed by atoms with Crippen LogP contribution in [0.15, 0.2) is 0 Å². The molecule has 12 heavy (non-hydrogen) atoms. The van der Waals surface area contributed by atoms with E-state index < -0.39 is 13.9 Å². The second-order valence-corrected chi connectivity index (χ2v) is 3.34. The van der Waals surface area contributed by atoms with Crippen LogP contribution in [0.5, 0.6) is 0 Å². The minimum Gasteiger partial charge on any atom is -0.382 e. The largest absolute Gasteiger partial charge is 0.469 e. The Balaban J connectivity index is 3.65. The molecule has 0 radical (unpaired) electrons. The fourth-order valence-electron chi connectivity index (χ4n) is 0.550. The molecule has 0 aliphatic rings. The quantitative estimate of drug-likeness (QED) is 0.575. The summed E-state index contributed by atoms with van der Waals surface area (Å²) in [5, 5.41) is 0. The molecule has 6 nitrogen and oxygen atoms in total. The van der Waals surface area contributed by atoms with Gasteiger partial charge in [-0.05, 0) is 0 Å². The molecule has 0 heterocycles. The number of methoxy groups -OCH3 is 2. The fraction of sp³-hybridized carbons (Fsp3) is 1.00. The van der Waals surface area contributed by atoms with Gasteiger partial charge in [0.15, 0.2) is 0 Å². The number of phosphoric acid groups is 1. The van der Waals surface area contributed by atoms with Crippen molar-refractivity contribution in [2.45, 2.75) is 6.10 Å². The summed E-state index contributed by atoms with van der Waals surface area (Å²) in [7, 11) is -1.52. The Hall–Kier alpha value is 0.0300. The lowest BCUT2D eigenvalue weighted by molar-refractivity contribution is -0.00547. The molecule has 7 heteroatoms. The lowest BCUT2D eigenvalue weighted by Crippen LogP contribution is -2.22. The Kier molecular flexibility index (Phi) is 5.65. The van der Waals surface area contributed by atoms with Crippen LogP contribution in [0.3, 0.4) is 0 Å². The minimum absolute atomic E-state index is 0.186. The van der Waals surface area contributed by atoms with Crippen LogP contribution in [-0.4, -0.2) is 43.3 Å². The molecule has 0 unspecified atom stereocenters. The van der Waals surface area contributed by atoms with E-state index in [0.717, 1.165) is 0 Å². The third kappa shape index (κ3) is 6.72. The van der Waals surface area contributed by atoms with Gasteiger partial charge >= 0.3 is 7.82 Å². The predicted molar refractivity (Wildman–Crippen MR) is 40.7 cm³/mol. The van der Waals surface area contributed by atoms with E-state index in [0.29, 0.717) is 0 Å². The van der Waals surface area contributed by atoms with Gasteiger partial charge in [-0.3, -0.25) is 4.52 Å². The smallest absolute Gasteiger partial charge is 0.382 e. The Labute approximate surface area is 70.7 Å². The van der Waals surface area contributed by atoms with Gasteiger partial charge in [-0.2, -0.15) is 0 Å². The molecule has 0 saturated carbocycles. The highest BCUT2D eigenvalue weighted by Gasteiger charge is 2.17. The van der Waals surface area contributed by atoms with Gasteiger partial charge < -0.3 is 19.3 Å². The monoisotopic (exact) mass is 200 g/mol. The lowest BCUT2D eigenvalue weighted by atomic mass is 10.4. The van der Waals surface area contributed by atoms with Crippen LogP contribution in [-0.2, 0) is 18.6 Å². The van der Waals surface area contributed by atoms with Crippen molar-refractivity contribution >= 4 is 7.82 Å². The number of phosphoric ester groups is 1.